The van der Waals surface area contributed by atoms with Crippen LogP contribution >= 0.6 is 11.3 Å². The first-order chi connectivity index (χ1) is 9.66. The number of primary amides is 1. The van der Waals surface area contributed by atoms with Crippen LogP contribution in [0.3, 0.4) is 0 Å². The summed E-state index contributed by atoms with van der Waals surface area (Å²) in [6, 6.07) is 10.7. The van der Waals surface area contributed by atoms with E-state index in [9.17, 15) is 9.59 Å². The lowest BCUT2D eigenvalue weighted by atomic mass is 10.1. The van der Waals surface area contributed by atoms with Crippen molar-refractivity contribution in [3.63, 3.8) is 0 Å². The Morgan fingerprint density at radius 1 is 1.20 bits per heavy atom. The summed E-state index contributed by atoms with van der Waals surface area (Å²) in [5.41, 5.74) is 6.97. The lowest BCUT2D eigenvalue weighted by Crippen LogP contribution is -2.26. The van der Waals surface area contributed by atoms with Crippen LogP contribution in [0.4, 0.5) is 0 Å². The van der Waals surface area contributed by atoms with E-state index in [1.165, 1.54) is 0 Å². The van der Waals surface area contributed by atoms with Crippen molar-refractivity contribution in [1.29, 1.82) is 0 Å². The van der Waals surface area contributed by atoms with Crippen LogP contribution < -0.4 is 5.73 Å². The van der Waals surface area contributed by atoms with E-state index in [0.29, 0.717) is 12.0 Å². The Labute approximate surface area is 121 Å². The highest BCUT2D eigenvalue weighted by Gasteiger charge is 2.22. The molecule has 1 aromatic heterocycles. The molecular formula is C15H15NO3S. The number of nitrogens with two attached hydrogens (primary N) is 1. The van der Waals surface area contributed by atoms with Gasteiger partial charge in [0.05, 0.1) is 0 Å². The summed E-state index contributed by atoms with van der Waals surface area (Å²) < 4.78 is 5.19. The van der Waals surface area contributed by atoms with Gasteiger partial charge in [0.15, 0.2) is 0 Å². The minimum atomic E-state index is -1.02. The van der Waals surface area contributed by atoms with Gasteiger partial charge in [-0.2, -0.15) is 11.3 Å². The lowest BCUT2D eigenvalue weighted by Gasteiger charge is -2.14. The number of esters is 1. The number of hydrogen-bond donors (Lipinski definition) is 1. The topological polar surface area (TPSA) is 69.4 Å². The molecule has 0 saturated heterocycles. The fourth-order valence-corrected chi connectivity index (χ4v) is 2.49. The molecule has 5 heteroatoms. The molecule has 0 aliphatic carbocycles. The van der Waals surface area contributed by atoms with Gasteiger partial charge < -0.3 is 10.5 Å². The van der Waals surface area contributed by atoms with Gasteiger partial charge in [0.2, 0.25) is 6.10 Å². The molecule has 104 valence electrons. The van der Waals surface area contributed by atoms with E-state index in [1.54, 1.807) is 35.6 Å². The van der Waals surface area contributed by atoms with Crippen molar-refractivity contribution in [2.75, 3.05) is 0 Å². The van der Waals surface area contributed by atoms with Gasteiger partial charge in [0, 0.05) is 12.0 Å². The summed E-state index contributed by atoms with van der Waals surface area (Å²) in [5.74, 6) is -1.09. The molecule has 1 amide bonds. The molecule has 0 unspecified atom stereocenters. The normalized spacial score (nSPS) is 11.8. The van der Waals surface area contributed by atoms with Gasteiger partial charge >= 0.3 is 5.97 Å². The van der Waals surface area contributed by atoms with Crippen LogP contribution in [0.5, 0.6) is 0 Å². The molecule has 0 saturated carbocycles. The second-order valence-corrected chi connectivity index (χ2v) is 5.09. The van der Waals surface area contributed by atoms with Crippen LogP contribution in [-0.2, 0) is 20.7 Å². The zero-order valence-electron chi connectivity index (χ0n) is 10.8. The molecule has 2 N–H and O–H groups in total. The van der Waals surface area contributed by atoms with Crippen molar-refractivity contribution in [3.05, 3.63) is 58.3 Å². The van der Waals surface area contributed by atoms with Gasteiger partial charge in [-0.05, 0) is 28.8 Å². The van der Waals surface area contributed by atoms with Crippen molar-refractivity contribution in [3.8, 4) is 0 Å². The van der Waals surface area contributed by atoms with E-state index < -0.39 is 18.0 Å². The Bertz CT molecular complexity index is 566. The number of benzene rings is 1. The average molecular weight is 289 g/mol. The molecule has 0 spiro atoms. The molecule has 0 radical (unpaired) electrons. The van der Waals surface area contributed by atoms with Crippen LogP contribution in [0, 0.1) is 0 Å². The first kappa shape index (κ1) is 14.3. The Balaban J connectivity index is 1.95. The predicted molar refractivity (Wildman–Crippen MR) is 77.1 cm³/mol. The van der Waals surface area contributed by atoms with Crippen LogP contribution in [0.1, 0.15) is 23.7 Å². The van der Waals surface area contributed by atoms with Crippen molar-refractivity contribution in [2.45, 2.75) is 18.9 Å². The minimum absolute atomic E-state index is 0.230. The van der Waals surface area contributed by atoms with Crippen LogP contribution in [0.25, 0.3) is 0 Å². The van der Waals surface area contributed by atoms with Gasteiger partial charge in [0.25, 0.3) is 5.91 Å². The maximum atomic E-state index is 11.8. The highest BCUT2D eigenvalue weighted by atomic mass is 32.1. The van der Waals surface area contributed by atoms with Gasteiger partial charge in [-0.3, -0.25) is 9.59 Å². The third-order valence-corrected chi connectivity index (χ3v) is 3.54. The van der Waals surface area contributed by atoms with E-state index in [-0.39, 0.29) is 6.42 Å². The summed E-state index contributed by atoms with van der Waals surface area (Å²) in [6.07, 6.45) is -0.193. The number of aryl methyl sites for hydroxylation is 1. The number of hydrogen-bond acceptors (Lipinski definition) is 4. The van der Waals surface area contributed by atoms with Crippen molar-refractivity contribution >= 4 is 23.2 Å². The molecule has 4 nitrogen and oxygen atoms in total. The van der Waals surface area contributed by atoms with Gasteiger partial charge in [-0.1, -0.05) is 30.3 Å². The Morgan fingerprint density at radius 3 is 2.55 bits per heavy atom. The quantitative estimate of drug-likeness (QED) is 0.830. The first-order valence-electron chi connectivity index (χ1n) is 6.21. The number of ether oxygens (including phenoxy) is 1. The summed E-state index contributed by atoms with van der Waals surface area (Å²) in [5, 5.41) is 3.94. The highest BCUT2D eigenvalue weighted by Crippen LogP contribution is 2.18. The van der Waals surface area contributed by atoms with Crippen LogP contribution in [0.2, 0.25) is 0 Å². The number of carbonyl (C=O) groups excluding carboxylic acids is 2. The Kier molecular flexibility index (Phi) is 4.90. The highest BCUT2D eigenvalue weighted by molar-refractivity contribution is 7.07. The van der Waals surface area contributed by atoms with Gasteiger partial charge in [0.1, 0.15) is 0 Å². The van der Waals surface area contributed by atoms with Crippen LogP contribution in [0.15, 0.2) is 47.2 Å². The van der Waals surface area contributed by atoms with Crippen molar-refractivity contribution in [2.24, 2.45) is 5.73 Å². The molecule has 1 heterocycles. The lowest BCUT2D eigenvalue weighted by molar-refractivity contribution is -0.155. The van der Waals surface area contributed by atoms with E-state index >= 15 is 0 Å². The standard InChI is InChI=1S/C15H15NO3S/c16-15(18)14(12-4-2-1-3-5-12)19-13(17)7-6-11-8-9-20-10-11/h1-5,8-10,14H,6-7H2,(H2,16,18)/t14-/m1/s1. The van der Waals surface area contributed by atoms with Crippen molar-refractivity contribution in [1.82, 2.24) is 0 Å². The molecule has 2 rings (SSSR count). The van der Waals surface area contributed by atoms with Crippen molar-refractivity contribution < 1.29 is 14.3 Å². The molecular weight excluding hydrogens is 274 g/mol. The van der Waals surface area contributed by atoms with Gasteiger partial charge in [-0.15, -0.1) is 0 Å². The fraction of sp³-hybridized carbons (Fsp3) is 0.200. The third-order valence-electron chi connectivity index (χ3n) is 2.81. The largest absolute Gasteiger partial charge is 0.447 e. The maximum absolute atomic E-state index is 11.8. The summed E-state index contributed by atoms with van der Waals surface area (Å²) in [7, 11) is 0. The number of amides is 1. The molecule has 2 aromatic rings. The maximum Gasteiger partial charge on any atom is 0.307 e. The van der Waals surface area contributed by atoms with E-state index in [2.05, 4.69) is 0 Å². The molecule has 20 heavy (non-hydrogen) atoms. The number of carbonyl (C=O) groups is 2. The van der Waals surface area contributed by atoms with E-state index in [1.807, 2.05) is 22.9 Å². The smallest absolute Gasteiger partial charge is 0.307 e. The Morgan fingerprint density at radius 2 is 1.95 bits per heavy atom. The molecule has 0 aliphatic heterocycles. The SMILES string of the molecule is NC(=O)[C@H](OC(=O)CCc1ccsc1)c1ccccc1. The molecule has 0 aliphatic rings. The minimum Gasteiger partial charge on any atom is -0.447 e. The fourth-order valence-electron chi connectivity index (χ4n) is 1.79. The summed E-state index contributed by atoms with van der Waals surface area (Å²) in [4.78, 5) is 23.2. The Hall–Kier alpha value is -2.14. The third kappa shape index (κ3) is 3.93. The molecule has 0 bridgehead atoms. The van der Waals surface area contributed by atoms with Gasteiger partial charge in [-0.25, -0.2) is 0 Å². The molecule has 0 fully saturated rings. The molecule has 1 atom stereocenters. The first-order valence-corrected chi connectivity index (χ1v) is 7.16. The summed E-state index contributed by atoms with van der Waals surface area (Å²) in [6.45, 7) is 0. The number of thiophene rings is 1. The predicted octanol–water partition coefficient (Wildman–Crippen LogP) is 2.45. The van der Waals surface area contributed by atoms with E-state index in [0.717, 1.165) is 5.56 Å². The summed E-state index contributed by atoms with van der Waals surface area (Å²) >= 11 is 1.58. The average Bonchev–Trinajstić information content (AvgIpc) is 2.96. The van der Waals surface area contributed by atoms with Crippen LogP contribution in [-0.4, -0.2) is 11.9 Å². The second kappa shape index (κ2) is 6.86. The second-order valence-electron chi connectivity index (χ2n) is 4.31. The molecule has 1 aromatic carbocycles. The zero-order chi connectivity index (χ0) is 14.4. The van der Waals surface area contributed by atoms with E-state index in [4.69, 9.17) is 10.5 Å². The zero-order valence-corrected chi connectivity index (χ0v) is 11.6. The number of rotatable bonds is 6. The monoisotopic (exact) mass is 289 g/mol.